The molecule has 14 nitrogen and oxygen atoms in total. The van der Waals surface area contributed by atoms with Gasteiger partial charge < -0.3 is 29.9 Å². The van der Waals surface area contributed by atoms with Gasteiger partial charge >= 0.3 is 12.2 Å². The van der Waals surface area contributed by atoms with Crippen LogP contribution < -0.4 is 15.4 Å². The molecule has 1 aromatic rings. The average molecular weight is 730 g/mol. The predicted molar refractivity (Wildman–Crippen MR) is 188 cm³/mol. The molecule has 0 bridgehead atoms. The molecule has 1 saturated heterocycles. The number of sulfonamides is 1. The lowest BCUT2D eigenvalue weighted by molar-refractivity contribution is -0.141. The monoisotopic (exact) mass is 729 g/mol. The van der Waals surface area contributed by atoms with Gasteiger partial charge in [0.1, 0.15) is 29.3 Å². The Labute approximate surface area is 300 Å². The van der Waals surface area contributed by atoms with E-state index >= 15 is 0 Å². The van der Waals surface area contributed by atoms with E-state index in [0.29, 0.717) is 32.4 Å². The summed E-state index contributed by atoms with van der Waals surface area (Å²) in [6.07, 6.45) is 5.38. The number of benzene rings is 1. The predicted octanol–water partition coefficient (Wildman–Crippen LogP) is 3.29. The quantitative estimate of drug-likeness (QED) is 0.384. The summed E-state index contributed by atoms with van der Waals surface area (Å²) >= 11 is 0. The van der Waals surface area contributed by atoms with Crippen molar-refractivity contribution in [3.05, 3.63) is 47.5 Å². The van der Waals surface area contributed by atoms with E-state index in [0.717, 1.165) is 24.0 Å². The Morgan fingerprint density at radius 2 is 1.78 bits per heavy atom. The van der Waals surface area contributed by atoms with Gasteiger partial charge in [-0.3, -0.25) is 19.1 Å². The number of rotatable bonds is 5. The fourth-order valence-electron chi connectivity index (χ4n) is 6.82. The van der Waals surface area contributed by atoms with Crippen LogP contribution in [0.5, 0.6) is 0 Å². The van der Waals surface area contributed by atoms with Crippen LogP contribution in [0.2, 0.25) is 0 Å². The Bertz CT molecular complexity index is 1660. The summed E-state index contributed by atoms with van der Waals surface area (Å²) in [6, 6.07) is 5.63. The number of nitrogens with one attached hydrogen (secondary N) is 3. The van der Waals surface area contributed by atoms with E-state index in [1.54, 1.807) is 25.7 Å². The number of alkyl carbamates (subject to hydrolysis) is 1. The van der Waals surface area contributed by atoms with Crippen LogP contribution in [0.3, 0.4) is 0 Å². The molecule has 0 aromatic heterocycles. The van der Waals surface area contributed by atoms with Gasteiger partial charge in [0.15, 0.2) is 0 Å². The maximum atomic E-state index is 14.3. The summed E-state index contributed by atoms with van der Waals surface area (Å²) < 4.78 is 38.9. The van der Waals surface area contributed by atoms with Crippen molar-refractivity contribution in [1.29, 1.82) is 0 Å². The van der Waals surface area contributed by atoms with E-state index in [2.05, 4.69) is 15.4 Å². The molecule has 5 amide bonds. The molecule has 4 aliphatic rings. The number of carbonyl (C=O) groups excluding carboxylic acids is 5. The highest BCUT2D eigenvalue weighted by molar-refractivity contribution is 7.90. The van der Waals surface area contributed by atoms with E-state index in [1.165, 1.54) is 18.7 Å². The zero-order valence-electron chi connectivity index (χ0n) is 30.1. The molecule has 0 radical (unpaired) electrons. The molecule has 3 N–H and O–H groups in total. The molecule has 5 atom stereocenters. The van der Waals surface area contributed by atoms with E-state index < -0.39 is 80.4 Å². The molecule has 1 aliphatic carbocycles. The van der Waals surface area contributed by atoms with Gasteiger partial charge in [0.05, 0.1) is 11.8 Å². The van der Waals surface area contributed by atoms with Gasteiger partial charge in [-0.2, -0.15) is 0 Å². The second-order valence-electron chi connectivity index (χ2n) is 15.2. The molecule has 3 aliphatic heterocycles. The van der Waals surface area contributed by atoms with Crippen molar-refractivity contribution in [2.45, 2.75) is 127 Å². The Morgan fingerprint density at radius 1 is 1.06 bits per heavy atom. The van der Waals surface area contributed by atoms with Crippen molar-refractivity contribution in [2.75, 3.05) is 13.1 Å². The Hall–Kier alpha value is -4.14. The number of hydrogen-bond donors (Lipinski definition) is 3. The van der Waals surface area contributed by atoms with Crippen LogP contribution >= 0.6 is 0 Å². The van der Waals surface area contributed by atoms with E-state index in [-0.39, 0.29) is 25.8 Å². The molecule has 5 rings (SSSR count). The number of nitrogens with zero attached hydrogens (tertiary/aromatic N) is 2. The van der Waals surface area contributed by atoms with Crippen molar-refractivity contribution in [3.63, 3.8) is 0 Å². The van der Waals surface area contributed by atoms with Crippen molar-refractivity contribution < 1.29 is 41.9 Å². The number of allylic oxidation sites excluding steroid dienone is 1. The normalized spacial score (nSPS) is 27.8. The second-order valence-corrected chi connectivity index (χ2v) is 17.5. The molecule has 15 heteroatoms. The van der Waals surface area contributed by atoms with Crippen LogP contribution in [-0.4, -0.2) is 95.8 Å². The molecule has 3 heterocycles. The minimum atomic E-state index is -4.01. The number of fused-ring (bicyclic) bond motifs is 3. The van der Waals surface area contributed by atoms with Crippen LogP contribution in [0.25, 0.3) is 0 Å². The highest BCUT2D eigenvalue weighted by atomic mass is 32.2. The van der Waals surface area contributed by atoms with Gasteiger partial charge in [-0.15, -0.1) is 0 Å². The van der Waals surface area contributed by atoms with E-state index in [1.807, 2.05) is 36.4 Å². The van der Waals surface area contributed by atoms with Gasteiger partial charge in [-0.25, -0.2) is 18.0 Å². The first kappa shape index (κ1) is 38.1. The molecule has 2 fully saturated rings. The molecular weight excluding hydrogens is 678 g/mol. The lowest BCUT2D eigenvalue weighted by Gasteiger charge is -2.30. The molecule has 1 unspecified atom stereocenters. The highest BCUT2D eigenvalue weighted by Crippen LogP contribution is 2.46. The van der Waals surface area contributed by atoms with Crippen LogP contribution in [-0.2, 0) is 46.8 Å². The first-order valence-electron chi connectivity index (χ1n) is 17.9. The zero-order valence-corrected chi connectivity index (χ0v) is 30.9. The number of ether oxygens (including phenoxy) is 2. The molecule has 1 saturated carbocycles. The fourth-order valence-corrected chi connectivity index (χ4v) is 7.50. The van der Waals surface area contributed by atoms with Crippen LogP contribution in [0.15, 0.2) is 36.4 Å². The van der Waals surface area contributed by atoms with Gasteiger partial charge in [-0.1, -0.05) is 49.3 Å². The highest BCUT2D eigenvalue weighted by Gasteiger charge is 2.61. The number of amides is 5. The van der Waals surface area contributed by atoms with Gasteiger partial charge in [0, 0.05) is 25.4 Å². The Morgan fingerprint density at radius 3 is 2.49 bits per heavy atom. The standard InChI is InChI=1S/C36H51N5O9S/c1-23(2)51(47,48)39-32(44)36-20-26(36)15-9-7-6-8-10-16-28(37-33(45)50-35(3,4)5)31(43)41-22-27(19-29(41)30(42)38-36)49-34(46)40-18-17-24-13-11-12-14-25(24)21-40/h9,11-15,23,26-29H,6-8,10,16-22H2,1-5H3,(H,37,45)(H,38,42)(H,39,44)/b15-9-/t26-,27-,28+,29?,36-/m1/s1. The third-order valence-electron chi connectivity index (χ3n) is 9.85. The fraction of sp³-hybridized carbons (Fsp3) is 0.639. The maximum absolute atomic E-state index is 14.3. The first-order valence-corrected chi connectivity index (χ1v) is 19.4. The second kappa shape index (κ2) is 15.2. The summed E-state index contributed by atoms with van der Waals surface area (Å²) in [6.45, 7) is 8.71. The molecule has 51 heavy (non-hydrogen) atoms. The average Bonchev–Trinajstić information content (AvgIpc) is 3.58. The lowest BCUT2D eigenvalue weighted by atomic mass is 10.0. The zero-order chi connectivity index (χ0) is 37.1. The molecular formula is C36H51N5O9S. The minimum absolute atomic E-state index is 0.0601. The SMILES string of the molecule is CC(C)S(=O)(=O)NC(=O)[C@@]12C[C@H]1/C=C\CCCCC[C@H](NC(=O)OC(C)(C)C)C(=O)N1C[C@H](OC(=O)N3CCc4ccccc4C3)CC1C(=O)N2. The van der Waals surface area contributed by atoms with Gasteiger partial charge in [-0.05, 0) is 77.8 Å². The largest absolute Gasteiger partial charge is 0.444 e. The summed E-state index contributed by atoms with van der Waals surface area (Å²) in [7, 11) is -4.01. The van der Waals surface area contributed by atoms with Crippen LogP contribution in [0.1, 0.15) is 90.7 Å². The van der Waals surface area contributed by atoms with Crippen LogP contribution in [0, 0.1) is 5.92 Å². The number of carbonyl (C=O) groups is 5. The molecule has 1 aromatic carbocycles. The van der Waals surface area contributed by atoms with Crippen molar-refractivity contribution in [1.82, 2.24) is 25.2 Å². The summed E-state index contributed by atoms with van der Waals surface area (Å²) in [4.78, 5) is 71.3. The summed E-state index contributed by atoms with van der Waals surface area (Å²) in [5, 5.41) is 4.61. The third kappa shape index (κ3) is 9.21. The Balaban J connectivity index is 1.41. The van der Waals surface area contributed by atoms with Crippen molar-refractivity contribution in [3.8, 4) is 0 Å². The molecule has 280 valence electrons. The maximum Gasteiger partial charge on any atom is 0.410 e. The van der Waals surface area contributed by atoms with Gasteiger partial charge in [0.2, 0.25) is 21.8 Å². The minimum Gasteiger partial charge on any atom is -0.444 e. The topological polar surface area (TPSA) is 181 Å². The van der Waals surface area contributed by atoms with Crippen molar-refractivity contribution in [2.24, 2.45) is 5.92 Å². The van der Waals surface area contributed by atoms with Crippen molar-refractivity contribution >= 4 is 39.9 Å². The Kier molecular flexibility index (Phi) is 11.4. The van der Waals surface area contributed by atoms with E-state index in [4.69, 9.17) is 9.47 Å². The smallest absolute Gasteiger partial charge is 0.410 e. The van der Waals surface area contributed by atoms with Crippen LogP contribution in [0.4, 0.5) is 9.59 Å². The van der Waals surface area contributed by atoms with E-state index in [9.17, 15) is 32.4 Å². The van der Waals surface area contributed by atoms with Gasteiger partial charge in [0.25, 0.3) is 5.91 Å². The number of hydrogen-bond acceptors (Lipinski definition) is 9. The summed E-state index contributed by atoms with van der Waals surface area (Å²) in [5.41, 5.74) is -0.190. The summed E-state index contributed by atoms with van der Waals surface area (Å²) in [5.74, 6) is -2.55. The first-order chi connectivity index (χ1) is 24.0. The molecule has 0 spiro atoms. The lowest BCUT2D eigenvalue weighted by Crippen LogP contribution is -2.58. The third-order valence-corrected chi connectivity index (χ3v) is 11.6.